The van der Waals surface area contributed by atoms with Gasteiger partial charge in [-0.25, -0.2) is 12.8 Å². The van der Waals surface area contributed by atoms with Crippen LogP contribution in [0.3, 0.4) is 0 Å². The maximum Gasteiger partial charge on any atom is 0.433 e. The maximum absolute atomic E-state index is 13.2. The van der Waals surface area contributed by atoms with Crippen LogP contribution in [0, 0.1) is 17.1 Å². The number of carbonyl (C=O) groups is 1. The van der Waals surface area contributed by atoms with Gasteiger partial charge >= 0.3 is 6.18 Å². The molecule has 0 saturated carbocycles. The molecule has 13 heteroatoms. The van der Waals surface area contributed by atoms with Crippen molar-refractivity contribution in [3.8, 4) is 17.3 Å². The van der Waals surface area contributed by atoms with Crippen molar-refractivity contribution in [3.05, 3.63) is 77.5 Å². The third-order valence-corrected chi connectivity index (χ3v) is 7.76. The second kappa shape index (κ2) is 10.2. The summed E-state index contributed by atoms with van der Waals surface area (Å²) in [6.45, 7) is -0.0339. The summed E-state index contributed by atoms with van der Waals surface area (Å²) in [4.78, 5) is 20.3. The Kier molecular flexibility index (Phi) is 7.24. The van der Waals surface area contributed by atoms with Gasteiger partial charge in [0.1, 0.15) is 23.6 Å². The lowest BCUT2D eigenvalue weighted by Crippen LogP contribution is -2.45. The average Bonchev–Trinajstić information content (AvgIpc) is 3.38. The zero-order valence-corrected chi connectivity index (χ0v) is 19.9. The van der Waals surface area contributed by atoms with E-state index in [0.717, 1.165) is 40.8 Å². The Bertz CT molecular complexity index is 1450. The molecule has 1 aliphatic heterocycles. The summed E-state index contributed by atoms with van der Waals surface area (Å²) in [7, 11) is -4.05. The molecular formula is C24H19F4N5O3S. The SMILES string of the molecule is N#Cc1cnc(-c2ccc(C(F)(F)F)nc2)cc1CNC(=O)[C@@H]1CCCN1S(=O)(=O)c1ccc(F)cc1. The summed E-state index contributed by atoms with van der Waals surface area (Å²) in [5.41, 5.74) is -0.0739. The van der Waals surface area contributed by atoms with E-state index in [1.807, 2.05) is 6.07 Å². The van der Waals surface area contributed by atoms with E-state index < -0.39 is 39.7 Å². The van der Waals surface area contributed by atoms with E-state index in [4.69, 9.17) is 0 Å². The Balaban J connectivity index is 1.51. The molecule has 4 rings (SSSR count). The summed E-state index contributed by atoms with van der Waals surface area (Å²) in [6, 6.07) is 8.71. The smallest absolute Gasteiger partial charge is 0.351 e. The van der Waals surface area contributed by atoms with Crippen LogP contribution in [0.5, 0.6) is 0 Å². The molecule has 1 aromatic carbocycles. The summed E-state index contributed by atoms with van der Waals surface area (Å²) < 4.78 is 78.7. The van der Waals surface area contributed by atoms with Gasteiger partial charge in [0, 0.05) is 31.0 Å². The topological polar surface area (TPSA) is 116 Å². The fourth-order valence-electron chi connectivity index (χ4n) is 3.95. The van der Waals surface area contributed by atoms with E-state index >= 15 is 0 Å². The van der Waals surface area contributed by atoms with Crippen molar-refractivity contribution < 1.29 is 30.8 Å². The molecule has 0 bridgehead atoms. The van der Waals surface area contributed by atoms with Crippen LogP contribution in [0.1, 0.15) is 29.7 Å². The fraction of sp³-hybridized carbons (Fsp3) is 0.250. The molecular weight excluding hydrogens is 514 g/mol. The number of carbonyl (C=O) groups excluding carboxylic acids is 1. The second-order valence-corrected chi connectivity index (χ2v) is 10.1. The molecule has 0 radical (unpaired) electrons. The lowest BCUT2D eigenvalue weighted by Gasteiger charge is -2.23. The number of hydrogen-bond acceptors (Lipinski definition) is 6. The Labute approximate surface area is 209 Å². The lowest BCUT2D eigenvalue weighted by molar-refractivity contribution is -0.141. The first kappa shape index (κ1) is 26.2. The summed E-state index contributed by atoms with van der Waals surface area (Å²) in [5, 5.41) is 12.1. The van der Waals surface area contributed by atoms with Crippen LogP contribution in [0.2, 0.25) is 0 Å². The summed E-state index contributed by atoms with van der Waals surface area (Å²) >= 11 is 0. The third kappa shape index (κ3) is 5.60. The number of pyridine rings is 2. The molecule has 1 N–H and O–H groups in total. The number of nitriles is 1. The largest absolute Gasteiger partial charge is 0.433 e. The van der Waals surface area contributed by atoms with Gasteiger partial charge in [0.2, 0.25) is 15.9 Å². The Morgan fingerprint density at radius 2 is 1.86 bits per heavy atom. The number of nitrogens with one attached hydrogen (secondary N) is 1. The Morgan fingerprint density at radius 1 is 1.14 bits per heavy atom. The van der Waals surface area contributed by atoms with Gasteiger partial charge in [-0.05, 0) is 60.9 Å². The first-order valence-electron chi connectivity index (χ1n) is 11.0. The number of benzene rings is 1. The lowest BCUT2D eigenvalue weighted by atomic mass is 10.1. The van der Waals surface area contributed by atoms with E-state index in [1.165, 1.54) is 18.3 Å². The highest BCUT2D eigenvalue weighted by atomic mass is 32.2. The highest BCUT2D eigenvalue weighted by Crippen LogP contribution is 2.29. The van der Waals surface area contributed by atoms with E-state index in [2.05, 4.69) is 15.3 Å². The van der Waals surface area contributed by atoms with Gasteiger partial charge < -0.3 is 5.32 Å². The third-order valence-electron chi connectivity index (χ3n) is 5.84. The molecule has 3 aromatic rings. The number of nitrogens with zero attached hydrogens (tertiary/aromatic N) is 4. The van der Waals surface area contributed by atoms with Crippen molar-refractivity contribution in [2.45, 2.75) is 36.5 Å². The molecule has 1 aliphatic rings. The predicted octanol–water partition coefficient (Wildman–Crippen LogP) is 3.64. The Hall–Kier alpha value is -3.89. The number of rotatable bonds is 6. The van der Waals surface area contributed by atoms with Gasteiger partial charge in [-0.3, -0.25) is 14.8 Å². The monoisotopic (exact) mass is 533 g/mol. The normalized spacial score (nSPS) is 16.4. The van der Waals surface area contributed by atoms with Gasteiger partial charge in [0.25, 0.3) is 0 Å². The van der Waals surface area contributed by atoms with Gasteiger partial charge in [0.05, 0.1) is 16.2 Å². The second-order valence-electron chi connectivity index (χ2n) is 8.21. The van der Waals surface area contributed by atoms with Crippen LogP contribution in [0.4, 0.5) is 17.6 Å². The van der Waals surface area contributed by atoms with Gasteiger partial charge in [-0.15, -0.1) is 0 Å². The molecule has 3 heterocycles. The van der Waals surface area contributed by atoms with Crippen LogP contribution < -0.4 is 5.32 Å². The van der Waals surface area contributed by atoms with Crippen LogP contribution in [0.15, 0.2) is 59.8 Å². The Morgan fingerprint density at radius 3 is 2.49 bits per heavy atom. The molecule has 0 spiro atoms. The molecule has 192 valence electrons. The molecule has 1 fully saturated rings. The van der Waals surface area contributed by atoms with Gasteiger partial charge in [0.15, 0.2) is 0 Å². The van der Waals surface area contributed by atoms with Crippen molar-refractivity contribution in [1.82, 2.24) is 19.6 Å². The van der Waals surface area contributed by atoms with Crippen molar-refractivity contribution >= 4 is 15.9 Å². The van der Waals surface area contributed by atoms with E-state index in [-0.39, 0.29) is 41.2 Å². The number of halogens is 4. The molecule has 0 aliphatic carbocycles. The molecule has 0 unspecified atom stereocenters. The fourth-order valence-corrected chi connectivity index (χ4v) is 5.60. The zero-order chi connectivity index (χ0) is 26.8. The van der Waals surface area contributed by atoms with Crippen LogP contribution in [-0.2, 0) is 27.5 Å². The average molecular weight is 534 g/mol. The first-order chi connectivity index (χ1) is 17.5. The number of aromatic nitrogens is 2. The minimum Gasteiger partial charge on any atom is -0.351 e. The van der Waals surface area contributed by atoms with Gasteiger partial charge in [-0.1, -0.05) is 0 Å². The summed E-state index contributed by atoms with van der Waals surface area (Å²) in [6.07, 6.45) is -1.63. The number of hydrogen-bond donors (Lipinski definition) is 1. The highest BCUT2D eigenvalue weighted by molar-refractivity contribution is 7.89. The molecule has 37 heavy (non-hydrogen) atoms. The van der Waals surface area contributed by atoms with Crippen molar-refractivity contribution in [3.63, 3.8) is 0 Å². The van der Waals surface area contributed by atoms with Crippen LogP contribution >= 0.6 is 0 Å². The van der Waals surface area contributed by atoms with Crippen molar-refractivity contribution in [1.29, 1.82) is 5.26 Å². The minimum atomic E-state index is -4.59. The van der Waals surface area contributed by atoms with Crippen molar-refractivity contribution in [2.24, 2.45) is 0 Å². The van der Waals surface area contributed by atoms with E-state index in [1.54, 1.807) is 0 Å². The molecule has 2 aromatic heterocycles. The number of sulfonamides is 1. The zero-order valence-electron chi connectivity index (χ0n) is 19.0. The molecule has 1 amide bonds. The maximum atomic E-state index is 13.2. The standard InChI is InChI=1S/C24H19F4N5O3S/c25-18-4-6-19(7-5-18)37(35,36)33-9-1-2-21(33)23(34)32-13-16-10-20(30-14-17(16)11-29)15-3-8-22(31-12-15)24(26,27)28/h3-8,10,12,14,21H,1-2,9,13H2,(H,32,34)/t21-/m0/s1. The minimum absolute atomic E-state index is 0.113. The van der Waals surface area contributed by atoms with E-state index in [0.29, 0.717) is 12.0 Å². The van der Waals surface area contributed by atoms with Gasteiger partial charge in [-0.2, -0.15) is 22.7 Å². The number of alkyl halides is 3. The highest BCUT2D eigenvalue weighted by Gasteiger charge is 2.39. The number of amides is 1. The summed E-state index contributed by atoms with van der Waals surface area (Å²) in [5.74, 6) is -1.17. The molecule has 1 saturated heterocycles. The first-order valence-corrected chi connectivity index (χ1v) is 12.4. The van der Waals surface area contributed by atoms with Crippen LogP contribution in [-0.4, -0.2) is 41.2 Å². The molecule has 1 atom stereocenters. The predicted molar refractivity (Wildman–Crippen MR) is 122 cm³/mol. The molecule has 8 nitrogen and oxygen atoms in total. The quantitative estimate of drug-likeness (QED) is 0.484. The van der Waals surface area contributed by atoms with Crippen LogP contribution in [0.25, 0.3) is 11.3 Å². The van der Waals surface area contributed by atoms with Crippen molar-refractivity contribution in [2.75, 3.05) is 6.54 Å². The van der Waals surface area contributed by atoms with E-state index in [9.17, 15) is 36.0 Å².